The van der Waals surface area contributed by atoms with Crippen molar-refractivity contribution in [1.82, 2.24) is 5.32 Å². The third-order valence-corrected chi connectivity index (χ3v) is 2.41. The monoisotopic (exact) mass is 171 g/mol. The fourth-order valence-corrected chi connectivity index (χ4v) is 1.34. The van der Waals surface area contributed by atoms with Crippen molar-refractivity contribution >= 4 is 0 Å². The molecule has 1 N–H and O–H groups in total. The van der Waals surface area contributed by atoms with Crippen molar-refractivity contribution in [3.05, 3.63) is 0 Å². The van der Waals surface area contributed by atoms with Gasteiger partial charge in [0.2, 0.25) is 0 Å². The van der Waals surface area contributed by atoms with Crippen LogP contribution in [0.2, 0.25) is 0 Å². The van der Waals surface area contributed by atoms with Crippen molar-refractivity contribution in [2.45, 2.75) is 33.3 Å². The average molecular weight is 171 g/mol. The molecule has 0 bridgehead atoms. The molecule has 2 heteroatoms. The summed E-state index contributed by atoms with van der Waals surface area (Å²) in [5.74, 6) is 1.91. The molecule has 0 spiro atoms. The standard InChI is InChI=1S/C10H21NO/c1-8(2)12-5-4-11-7-10-6-9(10)3/h8-11H,4-7H2,1-3H3. The Morgan fingerprint density at radius 3 is 2.67 bits per heavy atom. The lowest BCUT2D eigenvalue weighted by Crippen LogP contribution is -2.23. The molecule has 1 fully saturated rings. The first-order valence-electron chi connectivity index (χ1n) is 5.02. The molecule has 0 saturated heterocycles. The smallest absolute Gasteiger partial charge is 0.0594 e. The second-order valence-corrected chi connectivity index (χ2v) is 4.10. The average Bonchev–Trinajstić information content (AvgIpc) is 2.65. The molecule has 0 aromatic rings. The minimum Gasteiger partial charge on any atom is -0.377 e. The van der Waals surface area contributed by atoms with Crippen molar-refractivity contribution in [3.63, 3.8) is 0 Å². The van der Waals surface area contributed by atoms with Gasteiger partial charge in [-0.15, -0.1) is 0 Å². The number of hydrogen-bond acceptors (Lipinski definition) is 2. The zero-order valence-electron chi connectivity index (χ0n) is 8.47. The topological polar surface area (TPSA) is 21.3 Å². The highest BCUT2D eigenvalue weighted by molar-refractivity contribution is 4.83. The second-order valence-electron chi connectivity index (χ2n) is 4.10. The molecule has 0 aliphatic heterocycles. The lowest BCUT2D eigenvalue weighted by Gasteiger charge is -2.07. The third-order valence-electron chi connectivity index (χ3n) is 2.41. The molecule has 0 amide bonds. The predicted molar refractivity (Wildman–Crippen MR) is 51.2 cm³/mol. The summed E-state index contributed by atoms with van der Waals surface area (Å²) in [5, 5.41) is 3.41. The van der Waals surface area contributed by atoms with Crippen molar-refractivity contribution in [3.8, 4) is 0 Å². The summed E-state index contributed by atoms with van der Waals surface area (Å²) in [6.07, 6.45) is 1.78. The molecule has 1 saturated carbocycles. The molecule has 12 heavy (non-hydrogen) atoms. The Morgan fingerprint density at radius 1 is 1.50 bits per heavy atom. The van der Waals surface area contributed by atoms with Gasteiger partial charge in [-0.05, 0) is 38.6 Å². The summed E-state index contributed by atoms with van der Waals surface area (Å²) in [6, 6.07) is 0. The van der Waals surface area contributed by atoms with Gasteiger partial charge in [0.05, 0.1) is 12.7 Å². The Balaban J connectivity index is 1.77. The van der Waals surface area contributed by atoms with Gasteiger partial charge in [-0.25, -0.2) is 0 Å². The maximum absolute atomic E-state index is 5.41. The van der Waals surface area contributed by atoms with Crippen molar-refractivity contribution in [2.75, 3.05) is 19.7 Å². The Labute approximate surface area is 75.7 Å². The van der Waals surface area contributed by atoms with Gasteiger partial charge in [0.1, 0.15) is 0 Å². The zero-order chi connectivity index (χ0) is 8.97. The highest BCUT2D eigenvalue weighted by atomic mass is 16.5. The molecule has 2 unspecified atom stereocenters. The largest absolute Gasteiger partial charge is 0.377 e. The fourth-order valence-electron chi connectivity index (χ4n) is 1.34. The molecule has 72 valence electrons. The maximum atomic E-state index is 5.41. The van der Waals surface area contributed by atoms with Crippen molar-refractivity contribution < 1.29 is 4.74 Å². The van der Waals surface area contributed by atoms with Crippen LogP contribution in [0.4, 0.5) is 0 Å². The van der Waals surface area contributed by atoms with Crippen LogP contribution < -0.4 is 5.32 Å². The lowest BCUT2D eigenvalue weighted by atomic mass is 10.3. The van der Waals surface area contributed by atoms with Crippen LogP contribution in [0.15, 0.2) is 0 Å². The van der Waals surface area contributed by atoms with E-state index in [0.29, 0.717) is 6.10 Å². The molecule has 1 aliphatic rings. The van der Waals surface area contributed by atoms with E-state index < -0.39 is 0 Å². The fraction of sp³-hybridized carbons (Fsp3) is 1.00. The van der Waals surface area contributed by atoms with Gasteiger partial charge in [-0.3, -0.25) is 0 Å². The Hall–Kier alpha value is -0.0800. The number of hydrogen-bond donors (Lipinski definition) is 1. The van der Waals surface area contributed by atoms with E-state index >= 15 is 0 Å². The minimum atomic E-state index is 0.367. The number of nitrogens with one attached hydrogen (secondary N) is 1. The predicted octanol–water partition coefficient (Wildman–Crippen LogP) is 1.66. The number of ether oxygens (including phenoxy) is 1. The second kappa shape index (κ2) is 4.83. The van der Waals surface area contributed by atoms with Crippen LogP contribution in [-0.2, 0) is 4.74 Å². The van der Waals surface area contributed by atoms with E-state index in [1.165, 1.54) is 13.0 Å². The van der Waals surface area contributed by atoms with Gasteiger partial charge >= 0.3 is 0 Å². The van der Waals surface area contributed by atoms with Gasteiger partial charge in [0.25, 0.3) is 0 Å². The molecule has 2 atom stereocenters. The minimum absolute atomic E-state index is 0.367. The number of rotatable bonds is 6. The molecule has 1 rings (SSSR count). The summed E-state index contributed by atoms with van der Waals surface area (Å²) in [7, 11) is 0. The van der Waals surface area contributed by atoms with Gasteiger partial charge in [0, 0.05) is 6.54 Å². The molecule has 0 radical (unpaired) electrons. The highest BCUT2D eigenvalue weighted by Gasteiger charge is 2.31. The van der Waals surface area contributed by atoms with E-state index in [1.807, 2.05) is 0 Å². The quantitative estimate of drug-likeness (QED) is 0.614. The van der Waals surface area contributed by atoms with Crippen LogP contribution in [0.5, 0.6) is 0 Å². The van der Waals surface area contributed by atoms with E-state index in [1.54, 1.807) is 0 Å². The molecule has 2 nitrogen and oxygen atoms in total. The van der Waals surface area contributed by atoms with Crippen LogP contribution in [0, 0.1) is 11.8 Å². The van der Waals surface area contributed by atoms with E-state index in [0.717, 1.165) is 25.0 Å². The Kier molecular flexibility index (Phi) is 4.02. The first-order chi connectivity index (χ1) is 5.70. The molecule has 0 aromatic carbocycles. The zero-order valence-corrected chi connectivity index (χ0v) is 8.47. The lowest BCUT2D eigenvalue weighted by molar-refractivity contribution is 0.0807. The third kappa shape index (κ3) is 4.07. The first kappa shape index (κ1) is 10.0. The normalized spacial score (nSPS) is 28.0. The van der Waals surface area contributed by atoms with Crippen LogP contribution in [-0.4, -0.2) is 25.8 Å². The van der Waals surface area contributed by atoms with E-state index in [2.05, 4.69) is 26.1 Å². The van der Waals surface area contributed by atoms with Gasteiger partial charge < -0.3 is 10.1 Å². The summed E-state index contributed by atoms with van der Waals surface area (Å²) in [4.78, 5) is 0. The highest BCUT2D eigenvalue weighted by Crippen LogP contribution is 2.36. The van der Waals surface area contributed by atoms with Gasteiger partial charge in [-0.1, -0.05) is 6.92 Å². The maximum Gasteiger partial charge on any atom is 0.0594 e. The summed E-state index contributed by atoms with van der Waals surface area (Å²) >= 11 is 0. The Morgan fingerprint density at radius 2 is 2.17 bits per heavy atom. The van der Waals surface area contributed by atoms with Crippen LogP contribution >= 0.6 is 0 Å². The van der Waals surface area contributed by atoms with E-state index in [4.69, 9.17) is 4.74 Å². The Bertz CT molecular complexity index is 125. The van der Waals surface area contributed by atoms with E-state index in [-0.39, 0.29) is 0 Å². The summed E-state index contributed by atoms with van der Waals surface area (Å²) in [6.45, 7) is 9.49. The van der Waals surface area contributed by atoms with Crippen molar-refractivity contribution in [1.29, 1.82) is 0 Å². The molecule has 0 aromatic heterocycles. The van der Waals surface area contributed by atoms with Crippen LogP contribution in [0.3, 0.4) is 0 Å². The van der Waals surface area contributed by atoms with Crippen molar-refractivity contribution in [2.24, 2.45) is 11.8 Å². The molecule has 0 heterocycles. The van der Waals surface area contributed by atoms with Crippen LogP contribution in [0.25, 0.3) is 0 Å². The van der Waals surface area contributed by atoms with Crippen LogP contribution in [0.1, 0.15) is 27.2 Å². The SMILES string of the molecule is CC(C)OCCNCC1CC1C. The van der Waals surface area contributed by atoms with Gasteiger partial charge in [0.15, 0.2) is 0 Å². The van der Waals surface area contributed by atoms with E-state index in [9.17, 15) is 0 Å². The summed E-state index contributed by atoms with van der Waals surface area (Å²) < 4.78 is 5.41. The first-order valence-corrected chi connectivity index (χ1v) is 5.02. The van der Waals surface area contributed by atoms with Gasteiger partial charge in [-0.2, -0.15) is 0 Å². The molecular formula is C10H21NO. The summed E-state index contributed by atoms with van der Waals surface area (Å²) in [5.41, 5.74) is 0. The molecule has 1 aliphatic carbocycles. The molecular weight excluding hydrogens is 150 g/mol.